The molecule has 0 atom stereocenters. The van der Waals surface area contributed by atoms with Gasteiger partial charge in [0.25, 0.3) is 0 Å². The molecule has 96 valence electrons. The van der Waals surface area contributed by atoms with Gasteiger partial charge >= 0.3 is 8.17 Å². The fourth-order valence-corrected chi connectivity index (χ4v) is 1.84. The maximum absolute atomic E-state index is 7.67. The third-order valence-corrected chi connectivity index (χ3v) is 2.62. The van der Waals surface area contributed by atoms with E-state index in [0.717, 1.165) is 0 Å². The van der Waals surface area contributed by atoms with E-state index in [1.807, 2.05) is 36.4 Å². The topological polar surface area (TPSA) is 42.3 Å². The predicted molar refractivity (Wildman–Crippen MR) is 77.2 cm³/mol. The molecule has 0 saturated heterocycles. The quantitative estimate of drug-likeness (QED) is 0.742. The van der Waals surface area contributed by atoms with Crippen LogP contribution < -0.4 is 9.05 Å². The lowest BCUT2D eigenvalue weighted by Crippen LogP contribution is -1.87. The lowest BCUT2D eigenvalue weighted by atomic mass is 10.3. The van der Waals surface area contributed by atoms with Crippen molar-refractivity contribution in [3.05, 3.63) is 60.7 Å². The predicted octanol–water partition coefficient (Wildman–Crippen LogP) is 5.49. The monoisotopic (exact) mass is 264 g/mol. The largest absolute Gasteiger partial charge is 0.664 e. The van der Waals surface area contributed by atoms with Crippen molar-refractivity contribution in [1.29, 1.82) is 5.16 Å². The molecular formula is C14H19NO2P+. The fourth-order valence-electron chi connectivity index (χ4n) is 1.17. The average Bonchev–Trinajstić information content (AvgIpc) is 2.31. The molecule has 2 aromatic carbocycles. The average molecular weight is 264 g/mol. The van der Waals surface area contributed by atoms with E-state index in [-0.39, 0.29) is 14.9 Å². The zero-order valence-electron chi connectivity index (χ0n) is 8.54. The molecule has 18 heavy (non-hydrogen) atoms. The van der Waals surface area contributed by atoms with Crippen molar-refractivity contribution in [3.8, 4) is 11.5 Å². The molecule has 4 heteroatoms. The van der Waals surface area contributed by atoms with Crippen molar-refractivity contribution in [3.63, 3.8) is 0 Å². The van der Waals surface area contributed by atoms with Gasteiger partial charge < -0.3 is 0 Å². The molecule has 0 amide bonds. The van der Waals surface area contributed by atoms with Crippen molar-refractivity contribution in [2.45, 2.75) is 14.9 Å². The van der Waals surface area contributed by atoms with E-state index >= 15 is 0 Å². The molecule has 2 rings (SSSR count). The minimum atomic E-state index is -1.68. The van der Waals surface area contributed by atoms with Gasteiger partial charge in [0.15, 0.2) is 11.5 Å². The zero-order valence-corrected chi connectivity index (χ0v) is 9.43. The molecule has 0 aliphatic heterocycles. The standard InChI is InChI=1S/C12H11NO2P.2CH4/c13-16(14-11-7-3-1-4-8-11)15-12-9-5-2-6-10-12;;/h1-10,13H;2*1H4/q+1;;. The van der Waals surface area contributed by atoms with Gasteiger partial charge in [0, 0.05) is 0 Å². The lowest BCUT2D eigenvalue weighted by Gasteiger charge is -1.95. The summed E-state index contributed by atoms with van der Waals surface area (Å²) in [6.45, 7) is 0. The Hall–Kier alpha value is -1.86. The van der Waals surface area contributed by atoms with Crippen LogP contribution in [-0.2, 0) is 0 Å². The van der Waals surface area contributed by atoms with Gasteiger partial charge in [-0.2, -0.15) is 0 Å². The van der Waals surface area contributed by atoms with Crippen LogP contribution in [0.1, 0.15) is 14.9 Å². The first-order valence-corrected chi connectivity index (χ1v) is 6.00. The molecule has 2 aromatic rings. The van der Waals surface area contributed by atoms with E-state index in [1.165, 1.54) is 0 Å². The summed E-state index contributed by atoms with van der Waals surface area (Å²) < 4.78 is 10.7. The van der Waals surface area contributed by atoms with E-state index in [1.54, 1.807) is 24.3 Å². The third-order valence-electron chi connectivity index (χ3n) is 1.86. The Labute approximate surface area is 110 Å². The van der Waals surface area contributed by atoms with Crippen LogP contribution in [-0.4, -0.2) is 0 Å². The van der Waals surface area contributed by atoms with Gasteiger partial charge in [-0.1, -0.05) is 51.3 Å². The van der Waals surface area contributed by atoms with Crippen molar-refractivity contribution in [1.82, 2.24) is 0 Å². The second kappa shape index (κ2) is 8.26. The minimum Gasteiger partial charge on any atom is -0.236 e. The maximum Gasteiger partial charge on any atom is 0.664 e. The lowest BCUT2D eigenvalue weighted by molar-refractivity contribution is 0.499. The van der Waals surface area contributed by atoms with Crippen molar-refractivity contribution < 1.29 is 9.05 Å². The first-order chi connectivity index (χ1) is 7.84. The van der Waals surface area contributed by atoms with Crippen LogP contribution in [0, 0.1) is 5.16 Å². The van der Waals surface area contributed by atoms with Crippen LogP contribution >= 0.6 is 8.17 Å². The number of hydrogen-bond acceptors (Lipinski definition) is 3. The van der Waals surface area contributed by atoms with Crippen LogP contribution in [0.3, 0.4) is 0 Å². The molecule has 0 heterocycles. The Morgan fingerprint density at radius 1 is 0.667 bits per heavy atom. The number of hydrogen-bond donors (Lipinski definition) is 1. The number of nitrogens with one attached hydrogen (secondary N) is 1. The molecule has 1 N–H and O–H groups in total. The molecule has 0 aromatic heterocycles. The summed E-state index contributed by atoms with van der Waals surface area (Å²) in [6, 6.07) is 18.5. The second-order valence-corrected chi connectivity index (χ2v) is 3.95. The highest BCUT2D eigenvalue weighted by molar-refractivity contribution is 7.35. The molecule has 0 aliphatic rings. The van der Waals surface area contributed by atoms with Crippen LogP contribution in [0.5, 0.6) is 11.5 Å². The van der Waals surface area contributed by atoms with E-state index in [0.29, 0.717) is 11.5 Å². The zero-order chi connectivity index (χ0) is 11.2. The third kappa shape index (κ3) is 4.98. The van der Waals surface area contributed by atoms with Crippen molar-refractivity contribution in [2.24, 2.45) is 0 Å². The molecule has 0 aliphatic carbocycles. The molecule has 3 nitrogen and oxygen atoms in total. The van der Waals surface area contributed by atoms with Crippen molar-refractivity contribution >= 4 is 8.17 Å². The molecule has 0 saturated carbocycles. The highest BCUT2D eigenvalue weighted by Crippen LogP contribution is 2.30. The van der Waals surface area contributed by atoms with E-state index in [2.05, 4.69) is 0 Å². The molecule has 0 bridgehead atoms. The van der Waals surface area contributed by atoms with Gasteiger partial charge in [0.2, 0.25) is 0 Å². The van der Waals surface area contributed by atoms with Gasteiger partial charge in [-0.05, 0) is 29.4 Å². The molecule has 0 unspecified atom stereocenters. The summed E-state index contributed by atoms with van der Waals surface area (Å²) in [5.41, 5.74) is 0. The Morgan fingerprint density at radius 3 is 1.33 bits per heavy atom. The Kier molecular flexibility index (Phi) is 7.41. The van der Waals surface area contributed by atoms with Gasteiger partial charge in [-0.15, -0.1) is 0 Å². The summed E-state index contributed by atoms with van der Waals surface area (Å²) in [7, 11) is -1.68. The number of benzene rings is 2. The van der Waals surface area contributed by atoms with Crippen molar-refractivity contribution in [2.75, 3.05) is 0 Å². The van der Waals surface area contributed by atoms with Crippen LogP contribution in [0.2, 0.25) is 0 Å². The molecule has 0 radical (unpaired) electrons. The summed E-state index contributed by atoms with van der Waals surface area (Å²) in [5.74, 6) is 1.30. The normalized spacial score (nSPS) is 8.44. The molecular weight excluding hydrogens is 245 g/mol. The van der Waals surface area contributed by atoms with E-state index in [4.69, 9.17) is 14.2 Å². The minimum absolute atomic E-state index is 0. The maximum atomic E-state index is 7.67. The van der Waals surface area contributed by atoms with Crippen LogP contribution in [0.25, 0.3) is 0 Å². The molecule has 0 fully saturated rings. The molecule has 0 spiro atoms. The first-order valence-electron chi connectivity index (χ1n) is 4.82. The van der Waals surface area contributed by atoms with Gasteiger partial charge in [-0.25, -0.2) is 9.05 Å². The second-order valence-electron chi connectivity index (χ2n) is 3.07. The van der Waals surface area contributed by atoms with Crippen LogP contribution in [0.4, 0.5) is 0 Å². The highest BCUT2D eigenvalue weighted by Gasteiger charge is 2.17. The van der Waals surface area contributed by atoms with Crippen LogP contribution in [0.15, 0.2) is 60.7 Å². The first kappa shape index (κ1) is 16.1. The number of rotatable bonds is 4. The summed E-state index contributed by atoms with van der Waals surface area (Å²) in [4.78, 5) is 0. The number of para-hydroxylation sites is 2. The fraction of sp³-hybridized carbons (Fsp3) is 0.143. The smallest absolute Gasteiger partial charge is 0.236 e. The van der Waals surface area contributed by atoms with Gasteiger partial charge in [0.1, 0.15) is 0 Å². The highest BCUT2D eigenvalue weighted by atomic mass is 31.1. The Bertz CT molecular complexity index is 416. The Balaban J connectivity index is 0.00000144. The summed E-state index contributed by atoms with van der Waals surface area (Å²) in [6.07, 6.45) is 0. The SMILES string of the molecule is C.C.N=[P+](Oc1ccccc1)Oc1ccccc1. The van der Waals surface area contributed by atoms with Gasteiger partial charge in [0.05, 0.1) is 0 Å². The van der Waals surface area contributed by atoms with Gasteiger partial charge in [-0.3, -0.25) is 0 Å². The van der Waals surface area contributed by atoms with E-state index < -0.39 is 8.17 Å². The Morgan fingerprint density at radius 2 is 1.00 bits per heavy atom. The van der Waals surface area contributed by atoms with E-state index in [9.17, 15) is 0 Å². The summed E-state index contributed by atoms with van der Waals surface area (Å²) in [5, 5.41) is 7.67. The summed E-state index contributed by atoms with van der Waals surface area (Å²) >= 11 is 0.